The number of esters is 1. The highest BCUT2D eigenvalue weighted by molar-refractivity contribution is 5.90. The molecule has 9 heteroatoms. The van der Waals surface area contributed by atoms with E-state index in [-0.39, 0.29) is 11.5 Å². The summed E-state index contributed by atoms with van der Waals surface area (Å²) in [6.45, 7) is 3.52. The average Bonchev–Trinajstić information content (AvgIpc) is 2.69. The molecule has 0 aliphatic carbocycles. The van der Waals surface area contributed by atoms with Crippen molar-refractivity contribution in [1.29, 1.82) is 0 Å². The third-order valence-corrected chi connectivity index (χ3v) is 4.30. The minimum Gasteiger partial charge on any atom is -0.462 e. The second kappa shape index (κ2) is 8.43. The number of carbonyl (C=O) groups is 1. The van der Waals surface area contributed by atoms with Crippen LogP contribution in [0.25, 0.3) is 0 Å². The predicted molar refractivity (Wildman–Crippen MR) is 100 cm³/mol. The standard InChI is InChI=1S/C18H21N5O4/c1-2-27-18(24)13-6-8-14(9-7-13)21-16-15(23(25)26)17(20-12-19-16)22-10-4-3-5-11-22/h6-9,12H,2-5,10-11H2,1H3,(H,19,20,21). The Bertz CT molecular complexity index is 819. The van der Waals surface area contributed by atoms with E-state index in [2.05, 4.69) is 15.3 Å². The smallest absolute Gasteiger partial charge is 0.353 e. The van der Waals surface area contributed by atoms with Gasteiger partial charge in [-0.25, -0.2) is 14.8 Å². The zero-order chi connectivity index (χ0) is 19.2. The fourth-order valence-corrected chi connectivity index (χ4v) is 3.01. The number of benzene rings is 1. The Morgan fingerprint density at radius 3 is 2.56 bits per heavy atom. The number of nitrogens with zero attached hydrogens (tertiary/aromatic N) is 4. The summed E-state index contributed by atoms with van der Waals surface area (Å²) >= 11 is 0. The van der Waals surface area contributed by atoms with Crippen LogP contribution >= 0.6 is 0 Å². The minimum absolute atomic E-state index is 0.124. The molecule has 2 heterocycles. The lowest BCUT2D eigenvalue weighted by Gasteiger charge is -2.27. The summed E-state index contributed by atoms with van der Waals surface area (Å²) in [6, 6.07) is 6.50. The number of piperidine rings is 1. The first-order valence-corrected chi connectivity index (χ1v) is 8.88. The summed E-state index contributed by atoms with van der Waals surface area (Å²) in [5, 5.41) is 14.6. The van der Waals surface area contributed by atoms with Crippen LogP contribution in [0.3, 0.4) is 0 Å². The van der Waals surface area contributed by atoms with Crippen molar-refractivity contribution in [1.82, 2.24) is 9.97 Å². The van der Waals surface area contributed by atoms with Crippen molar-refractivity contribution < 1.29 is 14.5 Å². The molecule has 1 aliphatic heterocycles. The van der Waals surface area contributed by atoms with Crippen LogP contribution in [0.1, 0.15) is 36.5 Å². The quantitative estimate of drug-likeness (QED) is 0.468. The highest BCUT2D eigenvalue weighted by atomic mass is 16.6. The molecular formula is C18H21N5O4. The molecule has 0 atom stereocenters. The van der Waals surface area contributed by atoms with Crippen LogP contribution in [0.5, 0.6) is 0 Å². The molecule has 1 fully saturated rings. The van der Waals surface area contributed by atoms with E-state index in [1.165, 1.54) is 6.33 Å². The minimum atomic E-state index is -0.459. The van der Waals surface area contributed by atoms with E-state index in [4.69, 9.17) is 4.74 Å². The fourth-order valence-electron chi connectivity index (χ4n) is 3.01. The van der Waals surface area contributed by atoms with Crippen molar-refractivity contribution in [2.24, 2.45) is 0 Å². The lowest BCUT2D eigenvalue weighted by Crippen LogP contribution is -2.31. The van der Waals surface area contributed by atoms with Gasteiger partial charge in [-0.1, -0.05) is 0 Å². The molecule has 2 aromatic rings. The van der Waals surface area contributed by atoms with Gasteiger partial charge in [0.15, 0.2) is 0 Å². The van der Waals surface area contributed by atoms with Crippen molar-refractivity contribution in [3.63, 3.8) is 0 Å². The van der Waals surface area contributed by atoms with Gasteiger partial charge in [-0.05, 0) is 50.5 Å². The van der Waals surface area contributed by atoms with Gasteiger partial charge in [-0.2, -0.15) is 0 Å². The van der Waals surface area contributed by atoms with Gasteiger partial charge in [-0.15, -0.1) is 0 Å². The predicted octanol–water partition coefficient (Wildman–Crippen LogP) is 3.30. The maximum Gasteiger partial charge on any atom is 0.353 e. The number of anilines is 3. The van der Waals surface area contributed by atoms with Crippen molar-refractivity contribution in [3.8, 4) is 0 Å². The van der Waals surface area contributed by atoms with Gasteiger partial charge < -0.3 is 15.0 Å². The summed E-state index contributed by atoms with van der Waals surface area (Å²) < 4.78 is 4.94. The third-order valence-electron chi connectivity index (χ3n) is 4.30. The Balaban J connectivity index is 1.86. The molecule has 1 aromatic heterocycles. The molecule has 0 spiro atoms. The first kappa shape index (κ1) is 18.6. The summed E-state index contributed by atoms with van der Waals surface area (Å²) in [7, 11) is 0. The summed E-state index contributed by atoms with van der Waals surface area (Å²) in [4.78, 5) is 33.1. The van der Waals surface area contributed by atoms with Crippen LogP contribution in [-0.4, -0.2) is 40.6 Å². The molecule has 0 radical (unpaired) electrons. The van der Waals surface area contributed by atoms with Crippen LogP contribution in [-0.2, 0) is 4.74 Å². The highest BCUT2D eigenvalue weighted by Crippen LogP contribution is 2.34. The number of hydrogen-bond acceptors (Lipinski definition) is 8. The topological polar surface area (TPSA) is 110 Å². The van der Waals surface area contributed by atoms with E-state index < -0.39 is 10.9 Å². The Morgan fingerprint density at radius 2 is 1.93 bits per heavy atom. The summed E-state index contributed by atoms with van der Waals surface area (Å²) in [5.41, 5.74) is 0.844. The van der Waals surface area contributed by atoms with E-state index in [0.717, 1.165) is 32.4 Å². The van der Waals surface area contributed by atoms with Gasteiger partial charge >= 0.3 is 11.7 Å². The Hall–Kier alpha value is -3.23. The largest absolute Gasteiger partial charge is 0.462 e. The molecule has 1 saturated heterocycles. The summed E-state index contributed by atoms with van der Waals surface area (Å²) in [6.07, 6.45) is 4.41. The van der Waals surface area contributed by atoms with Crippen molar-refractivity contribution in [2.45, 2.75) is 26.2 Å². The number of carbonyl (C=O) groups excluding carboxylic acids is 1. The van der Waals surface area contributed by atoms with E-state index in [1.807, 2.05) is 4.90 Å². The van der Waals surface area contributed by atoms with E-state index in [1.54, 1.807) is 31.2 Å². The van der Waals surface area contributed by atoms with Crippen molar-refractivity contribution >= 4 is 29.0 Å². The third kappa shape index (κ3) is 4.30. The van der Waals surface area contributed by atoms with Gasteiger partial charge in [-0.3, -0.25) is 10.1 Å². The van der Waals surface area contributed by atoms with E-state index in [9.17, 15) is 14.9 Å². The second-order valence-corrected chi connectivity index (χ2v) is 6.12. The molecule has 142 valence electrons. The van der Waals surface area contributed by atoms with E-state index >= 15 is 0 Å². The lowest BCUT2D eigenvalue weighted by atomic mass is 10.1. The lowest BCUT2D eigenvalue weighted by molar-refractivity contribution is -0.383. The zero-order valence-electron chi connectivity index (χ0n) is 15.1. The van der Waals surface area contributed by atoms with Crippen molar-refractivity contribution in [3.05, 3.63) is 46.3 Å². The van der Waals surface area contributed by atoms with Gasteiger partial charge in [0, 0.05) is 18.8 Å². The van der Waals surface area contributed by atoms with Gasteiger partial charge in [0.2, 0.25) is 11.6 Å². The summed E-state index contributed by atoms with van der Waals surface area (Å²) in [5.74, 6) is 0.0456. The van der Waals surface area contributed by atoms with Crippen LogP contribution < -0.4 is 10.2 Å². The maximum atomic E-state index is 11.7. The zero-order valence-corrected chi connectivity index (χ0v) is 15.1. The van der Waals surface area contributed by atoms with E-state index in [0.29, 0.717) is 23.7 Å². The Labute approximate surface area is 156 Å². The molecule has 0 amide bonds. The molecule has 0 bridgehead atoms. The Morgan fingerprint density at radius 1 is 1.22 bits per heavy atom. The van der Waals surface area contributed by atoms with Gasteiger partial charge in [0.05, 0.1) is 17.1 Å². The van der Waals surface area contributed by atoms with Crippen LogP contribution in [0.4, 0.5) is 23.0 Å². The maximum absolute atomic E-state index is 11.7. The number of nitro groups is 1. The monoisotopic (exact) mass is 371 g/mol. The average molecular weight is 371 g/mol. The number of hydrogen-bond donors (Lipinski definition) is 1. The molecule has 27 heavy (non-hydrogen) atoms. The Kier molecular flexibility index (Phi) is 5.80. The normalized spacial score (nSPS) is 13.9. The molecule has 1 N–H and O–H groups in total. The molecule has 1 aromatic carbocycles. The fraction of sp³-hybridized carbons (Fsp3) is 0.389. The molecule has 3 rings (SSSR count). The number of nitrogens with one attached hydrogen (secondary N) is 1. The van der Waals surface area contributed by atoms with Crippen molar-refractivity contribution in [2.75, 3.05) is 29.9 Å². The van der Waals surface area contributed by atoms with Crippen LogP contribution in [0.2, 0.25) is 0 Å². The number of aromatic nitrogens is 2. The van der Waals surface area contributed by atoms with Crippen LogP contribution in [0.15, 0.2) is 30.6 Å². The van der Waals surface area contributed by atoms with Crippen LogP contribution in [0, 0.1) is 10.1 Å². The molecule has 0 unspecified atom stereocenters. The first-order valence-electron chi connectivity index (χ1n) is 8.88. The number of rotatable bonds is 6. The molecule has 1 aliphatic rings. The molecular weight excluding hydrogens is 350 g/mol. The van der Waals surface area contributed by atoms with Gasteiger partial charge in [0.1, 0.15) is 6.33 Å². The SMILES string of the molecule is CCOC(=O)c1ccc(Nc2ncnc(N3CCCCC3)c2[N+](=O)[O-])cc1. The highest BCUT2D eigenvalue weighted by Gasteiger charge is 2.28. The first-order chi connectivity index (χ1) is 13.1. The number of ether oxygens (including phenoxy) is 1. The second-order valence-electron chi connectivity index (χ2n) is 6.12. The molecule has 0 saturated carbocycles. The molecule has 9 nitrogen and oxygen atoms in total. The van der Waals surface area contributed by atoms with Gasteiger partial charge in [0.25, 0.3) is 0 Å².